The van der Waals surface area contributed by atoms with E-state index in [1.165, 1.54) is 61.0 Å². The summed E-state index contributed by atoms with van der Waals surface area (Å²) >= 11 is 9.41. The summed E-state index contributed by atoms with van der Waals surface area (Å²) < 4.78 is 52.0. The van der Waals surface area contributed by atoms with E-state index in [2.05, 4.69) is 98.3 Å². The first-order chi connectivity index (χ1) is 39.4. The molecule has 29 heteroatoms. The second kappa shape index (κ2) is 28.4. The number of halogens is 2. The van der Waals surface area contributed by atoms with Crippen molar-refractivity contribution in [1.29, 1.82) is 0 Å². The first kappa shape index (κ1) is 65.7. The number of hydrogen-bond donors (Lipinski definition) is 2. The average molecular weight is 1270 g/mol. The number of carbonyl (C=O) groups excluding carboxylic acids is 1. The maximum Gasteiger partial charge on any atom is 0.295 e. The van der Waals surface area contributed by atoms with E-state index in [-0.39, 0.29) is 93.8 Å². The quantitative estimate of drug-likeness (QED) is 0.0489. The molecule has 2 fully saturated rings. The van der Waals surface area contributed by atoms with Crippen LogP contribution >= 0.6 is 27.5 Å². The summed E-state index contributed by atoms with van der Waals surface area (Å²) in [4.78, 5) is 95.7. The average Bonchev–Trinajstić information content (AvgIpc) is 1.83. The van der Waals surface area contributed by atoms with E-state index in [0.29, 0.717) is 51.6 Å². The van der Waals surface area contributed by atoms with E-state index in [4.69, 9.17) is 21.4 Å². The third-order valence-electron chi connectivity index (χ3n) is 13.7. The van der Waals surface area contributed by atoms with Gasteiger partial charge in [0.05, 0.1) is 71.0 Å². The molecule has 0 unspecified atom stereocenters. The highest BCUT2D eigenvalue weighted by Gasteiger charge is 2.31. The van der Waals surface area contributed by atoms with Crippen LogP contribution in [0.2, 0.25) is 5.28 Å². The van der Waals surface area contributed by atoms with Crippen LogP contribution in [0.4, 0.5) is 11.6 Å². The molecule has 0 radical (unpaired) electrons. The summed E-state index contributed by atoms with van der Waals surface area (Å²) in [5, 5.41) is 5.97. The number of nitrogens with zero attached hydrogens (tertiary/aromatic N) is 16. The van der Waals surface area contributed by atoms with Gasteiger partial charge < -0.3 is 15.4 Å². The Morgan fingerprint density at radius 1 is 0.643 bits per heavy atom. The molecule has 0 amide bonds. The van der Waals surface area contributed by atoms with Crippen molar-refractivity contribution in [2.24, 2.45) is 11.8 Å². The fourth-order valence-electron chi connectivity index (χ4n) is 8.04. The Hall–Kier alpha value is -7.43. The SMILES string of the molecule is C.CC=O.CCS(=O)(=O)c1cnc(CNc2nc3cnc(-c4c(C)ncnc4C4CC4)nc3n([C@@H](C)C(C)C)c2=O)nc1.Cc1ncnc(C2CC2)c1Br.[CH2+]CS(=O)(=O)c1cnc(CNc2nc3cnc(Cl)nc3n([C@@H](C)C(C)C)c2=O)nc1. The molecule has 8 aromatic heterocycles. The van der Waals surface area contributed by atoms with Crippen LogP contribution in [0, 0.1) is 32.6 Å². The second-order valence-electron chi connectivity index (χ2n) is 20.3. The van der Waals surface area contributed by atoms with Gasteiger partial charge in [0, 0.05) is 48.7 Å². The number of anilines is 2. The van der Waals surface area contributed by atoms with Crippen molar-refractivity contribution in [3.63, 3.8) is 0 Å². The lowest BCUT2D eigenvalue weighted by Crippen LogP contribution is -2.30. The molecule has 0 aromatic carbocycles. The van der Waals surface area contributed by atoms with Crippen LogP contribution in [-0.2, 0) is 37.6 Å². The van der Waals surface area contributed by atoms with Crippen molar-refractivity contribution < 1.29 is 21.6 Å². The summed E-state index contributed by atoms with van der Waals surface area (Å²) in [6.45, 7) is 22.4. The number of nitrogens with one attached hydrogen (secondary N) is 2. The Morgan fingerprint density at radius 3 is 1.52 bits per heavy atom. The predicted molar refractivity (Wildman–Crippen MR) is 324 cm³/mol. The van der Waals surface area contributed by atoms with Crippen LogP contribution in [0.5, 0.6) is 0 Å². The fraction of sp³-hybridized carbons (Fsp3) is 0.455. The summed E-state index contributed by atoms with van der Waals surface area (Å²) in [7, 11) is -6.89. The molecular weight excluding hydrogens is 1200 g/mol. The minimum atomic E-state index is -3.49. The van der Waals surface area contributed by atoms with Gasteiger partial charge in [0.15, 0.2) is 44.3 Å². The van der Waals surface area contributed by atoms with Gasteiger partial charge in [0.2, 0.25) is 15.1 Å². The van der Waals surface area contributed by atoms with Gasteiger partial charge in [-0.2, -0.15) is 4.98 Å². The fourth-order valence-corrected chi connectivity index (χ4v) is 10.1. The standard InChI is InChI=1S/C26H31N9O3S.C18H21ClN7O3S.C8H9BrN2.C2H4O.CH4/c1-6-39(37,38)18-9-27-20(28-10-18)12-30-24-26(36)35(16(5)14(2)3)25-19(33-24)11-29-23(34-25)21-15(4)31-13-32-22(21)17-7-8-17;1-5-30(28,29)12-6-20-14(21-7-12)9-22-15-17(27)26(11(4)10(2)3)16-13(24-15)8-23-18(19)25-16;1-5-7(9)8(6-2-3-6)11-4-10-5;1-2-3;/h9-11,13-14,16-17H,6-8,12H2,1-5H3,(H,30,33);6-8,10-11H,1,5,9H2,2-4H3,(H,22,24);4,6H,2-3H2,1H3;2H,1H3;1H4/q;+1;;;/t16-;11-;;;/m00.../s1. The molecule has 2 atom stereocenters. The number of fused-ring (bicyclic) bond motifs is 2. The van der Waals surface area contributed by atoms with E-state index in [1.54, 1.807) is 30.3 Å². The summed E-state index contributed by atoms with van der Waals surface area (Å²) in [5.41, 5.74) is 5.74. The van der Waals surface area contributed by atoms with Gasteiger partial charge in [-0.3, -0.25) is 18.7 Å². The molecule has 0 bridgehead atoms. The number of rotatable bonds is 17. The molecule has 8 heterocycles. The zero-order chi connectivity index (χ0) is 60.5. The normalized spacial score (nSPS) is 13.8. The molecule has 446 valence electrons. The molecule has 84 heavy (non-hydrogen) atoms. The topological polar surface area (TPSA) is 334 Å². The number of hydrogen-bond acceptors (Lipinski definition) is 23. The van der Waals surface area contributed by atoms with Gasteiger partial charge in [-0.25, -0.2) is 81.6 Å². The van der Waals surface area contributed by atoms with E-state index >= 15 is 0 Å². The van der Waals surface area contributed by atoms with E-state index in [1.807, 2.05) is 55.4 Å². The zero-order valence-electron chi connectivity index (χ0n) is 47.6. The van der Waals surface area contributed by atoms with Crippen molar-refractivity contribution in [3.05, 3.63) is 122 Å². The van der Waals surface area contributed by atoms with Crippen LogP contribution in [0.15, 0.2) is 73.7 Å². The van der Waals surface area contributed by atoms with Gasteiger partial charge >= 0.3 is 0 Å². The van der Waals surface area contributed by atoms with Gasteiger partial charge in [0.25, 0.3) is 11.1 Å². The maximum atomic E-state index is 13.7. The predicted octanol–water partition coefficient (Wildman–Crippen LogP) is 8.58. The van der Waals surface area contributed by atoms with Crippen LogP contribution in [0.25, 0.3) is 33.7 Å². The Labute approximate surface area is 501 Å². The lowest BCUT2D eigenvalue weighted by Gasteiger charge is -2.21. The Kier molecular flexibility index (Phi) is 22.2. The molecule has 25 nitrogen and oxygen atoms in total. The summed E-state index contributed by atoms with van der Waals surface area (Å²) in [6.07, 6.45) is 16.7. The van der Waals surface area contributed by atoms with Gasteiger partial charge in [0.1, 0.15) is 51.4 Å². The zero-order valence-corrected chi connectivity index (χ0v) is 51.6. The minimum Gasteiger partial charge on any atom is -0.358 e. The minimum absolute atomic E-state index is 0. The molecule has 2 saturated carbocycles. The van der Waals surface area contributed by atoms with Gasteiger partial charge in [-0.1, -0.05) is 42.0 Å². The highest BCUT2D eigenvalue weighted by molar-refractivity contribution is 9.10. The largest absolute Gasteiger partial charge is 0.358 e. The maximum absolute atomic E-state index is 13.7. The molecule has 2 aliphatic rings. The monoisotopic (exact) mass is 1270 g/mol. The number of aromatic nitrogens is 16. The first-order valence-electron chi connectivity index (χ1n) is 26.7. The molecule has 2 N–H and O–H groups in total. The third-order valence-corrected chi connectivity index (χ3v) is 18.1. The first-order valence-corrected chi connectivity index (χ1v) is 31.2. The van der Waals surface area contributed by atoms with Crippen LogP contribution in [0.3, 0.4) is 0 Å². The van der Waals surface area contributed by atoms with Gasteiger partial charge in [-0.05, 0) is 99.7 Å². The molecule has 0 aliphatic heterocycles. The Balaban J connectivity index is 0.000000221. The molecule has 2 aliphatic carbocycles. The van der Waals surface area contributed by atoms with Crippen LogP contribution in [-0.4, -0.2) is 114 Å². The van der Waals surface area contributed by atoms with Crippen molar-refractivity contribution in [2.75, 3.05) is 22.1 Å². The number of aldehydes is 1. The number of aryl methyl sites for hydroxylation is 2. The van der Waals surface area contributed by atoms with Crippen LogP contribution in [0.1, 0.15) is 147 Å². The number of carbonyl (C=O) groups is 1. The Morgan fingerprint density at radius 2 is 1.07 bits per heavy atom. The highest BCUT2D eigenvalue weighted by atomic mass is 79.9. The Bertz CT molecular complexity index is 3980. The summed E-state index contributed by atoms with van der Waals surface area (Å²) in [6, 6.07) is -0.352. The van der Waals surface area contributed by atoms with E-state index in [0.717, 1.165) is 46.2 Å². The van der Waals surface area contributed by atoms with Gasteiger partial charge in [-0.15, -0.1) is 0 Å². The lowest BCUT2D eigenvalue weighted by molar-refractivity contribution is -0.106. The van der Waals surface area contributed by atoms with Crippen molar-refractivity contribution >= 4 is 87.5 Å². The summed E-state index contributed by atoms with van der Waals surface area (Å²) in [5.74, 6) is 2.34. The second-order valence-corrected chi connectivity index (χ2v) is 25.8. The molecule has 8 aromatic rings. The van der Waals surface area contributed by atoms with Crippen molar-refractivity contribution in [3.8, 4) is 11.4 Å². The van der Waals surface area contributed by atoms with Crippen LogP contribution < -0.4 is 21.8 Å². The van der Waals surface area contributed by atoms with Crippen molar-refractivity contribution in [2.45, 2.75) is 149 Å². The van der Waals surface area contributed by atoms with Crippen molar-refractivity contribution in [1.82, 2.24) is 78.9 Å². The number of sulfone groups is 2. The highest BCUT2D eigenvalue weighted by Crippen LogP contribution is 2.44. The third kappa shape index (κ3) is 15.7. The molecule has 10 rings (SSSR count). The van der Waals surface area contributed by atoms with E-state index in [9.17, 15) is 26.4 Å². The smallest absolute Gasteiger partial charge is 0.295 e. The molecular formula is C55H69BrClN18O7S2+. The lowest BCUT2D eigenvalue weighted by atomic mass is 10.1. The molecule has 0 spiro atoms. The molecule has 0 saturated heterocycles. The van der Waals surface area contributed by atoms with E-state index < -0.39 is 19.7 Å².